The van der Waals surface area contributed by atoms with Gasteiger partial charge in [-0.1, -0.05) is 30.3 Å². The van der Waals surface area contributed by atoms with E-state index >= 15 is 0 Å². The van der Waals surface area contributed by atoms with Gasteiger partial charge in [0.25, 0.3) is 5.91 Å². The van der Waals surface area contributed by atoms with Gasteiger partial charge in [-0.25, -0.2) is 8.78 Å². The minimum atomic E-state index is -0.346. The zero-order chi connectivity index (χ0) is 20.9. The van der Waals surface area contributed by atoms with Crippen LogP contribution in [0.15, 0.2) is 66.7 Å². The Hall–Kier alpha value is -3.25. The second-order valence-corrected chi connectivity index (χ2v) is 7.29. The fourth-order valence-corrected chi connectivity index (χ4v) is 3.54. The quantitative estimate of drug-likeness (QED) is 0.685. The first kappa shape index (κ1) is 20.0. The van der Waals surface area contributed by atoms with Gasteiger partial charge in [0.15, 0.2) is 0 Å². The summed E-state index contributed by atoms with van der Waals surface area (Å²) >= 11 is 0. The molecule has 0 aliphatic carbocycles. The summed E-state index contributed by atoms with van der Waals surface area (Å²) in [5, 5.41) is 2.76. The van der Waals surface area contributed by atoms with Crippen molar-refractivity contribution in [3.8, 4) is 5.75 Å². The third kappa shape index (κ3) is 4.83. The first-order valence-electron chi connectivity index (χ1n) is 9.82. The second-order valence-electron chi connectivity index (χ2n) is 7.29. The number of carbonyl (C=O) groups is 1. The first-order valence-corrected chi connectivity index (χ1v) is 9.82. The van der Waals surface area contributed by atoms with Crippen LogP contribution >= 0.6 is 0 Å². The molecule has 4 rings (SSSR count). The first-order chi connectivity index (χ1) is 14.6. The van der Waals surface area contributed by atoms with Gasteiger partial charge in [-0.3, -0.25) is 9.69 Å². The third-order valence-corrected chi connectivity index (χ3v) is 5.07. The number of fused-ring (bicyclic) bond motifs is 1. The van der Waals surface area contributed by atoms with E-state index in [9.17, 15) is 13.6 Å². The van der Waals surface area contributed by atoms with E-state index in [2.05, 4.69) is 10.2 Å². The van der Waals surface area contributed by atoms with Crippen molar-refractivity contribution in [2.24, 2.45) is 0 Å². The summed E-state index contributed by atoms with van der Waals surface area (Å²) in [5.41, 5.74) is 2.70. The molecule has 0 bridgehead atoms. The van der Waals surface area contributed by atoms with Crippen LogP contribution < -0.4 is 10.1 Å². The fraction of sp³-hybridized carbons (Fsp3) is 0.208. The van der Waals surface area contributed by atoms with Crippen molar-refractivity contribution in [3.05, 3.63) is 101 Å². The van der Waals surface area contributed by atoms with E-state index in [-0.39, 0.29) is 24.1 Å². The Bertz CT molecular complexity index is 1050. The highest BCUT2D eigenvalue weighted by Gasteiger charge is 2.18. The Labute approximate surface area is 174 Å². The summed E-state index contributed by atoms with van der Waals surface area (Å²) in [7, 11) is 0. The molecule has 0 aromatic heterocycles. The van der Waals surface area contributed by atoms with Crippen molar-refractivity contribution in [2.75, 3.05) is 13.2 Å². The van der Waals surface area contributed by atoms with Crippen LogP contribution in [-0.4, -0.2) is 24.0 Å². The summed E-state index contributed by atoms with van der Waals surface area (Å²) < 4.78 is 33.1. The van der Waals surface area contributed by atoms with Crippen LogP contribution in [-0.2, 0) is 19.6 Å². The van der Waals surface area contributed by atoms with Crippen molar-refractivity contribution in [1.29, 1.82) is 0 Å². The largest absolute Gasteiger partial charge is 0.492 e. The van der Waals surface area contributed by atoms with Gasteiger partial charge in [0.05, 0.1) is 0 Å². The van der Waals surface area contributed by atoms with Crippen LogP contribution in [0.5, 0.6) is 5.75 Å². The molecule has 1 aliphatic rings. The Balaban J connectivity index is 1.46. The maximum absolute atomic E-state index is 13.8. The number of nitrogens with one attached hydrogen (secondary N) is 1. The molecular weight excluding hydrogens is 386 g/mol. The van der Waals surface area contributed by atoms with Crippen LogP contribution in [0.1, 0.15) is 27.0 Å². The van der Waals surface area contributed by atoms with Crippen LogP contribution in [0.4, 0.5) is 8.78 Å². The van der Waals surface area contributed by atoms with E-state index in [1.165, 1.54) is 18.2 Å². The number of carbonyl (C=O) groups excluding carboxylic acids is 1. The molecule has 0 fully saturated rings. The summed E-state index contributed by atoms with van der Waals surface area (Å²) in [5.74, 6) is -0.140. The molecule has 154 valence electrons. The van der Waals surface area contributed by atoms with E-state index < -0.39 is 0 Å². The highest BCUT2D eigenvalue weighted by Crippen LogP contribution is 2.25. The number of ether oxygens (including phenoxy) is 1. The zero-order valence-electron chi connectivity index (χ0n) is 16.4. The second kappa shape index (κ2) is 9.05. The fourth-order valence-electron chi connectivity index (χ4n) is 3.54. The molecule has 0 spiro atoms. The highest BCUT2D eigenvalue weighted by atomic mass is 19.1. The molecule has 0 atom stereocenters. The molecule has 3 aromatic carbocycles. The van der Waals surface area contributed by atoms with Crippen LogP contribution in [0.25, 0.3) is 0 Å². The lowest BCUT2D eigenvalue weighted by Crippen LogP contribution is -2.25. The lowest BCUT2D eigenvalue weighted by molar-refractivity contribution is 0.0950. The zero-order valence-corrected chi connectivity index (χ0v) is 16.4. The van der Waals surface area contributed by atoms with Crippen LogP contribution in [0.2, 0.25) is 0 Å². The average Bonchev–Trinajstić information content (AvgIpc) is 2.94. The SMILES string of the molecule is O=C(NCc1ccccc1F)c1ccc2c(c1)CN(Cc1cccc(F)c1)CCO2. The number of nitrogens with zero attached hydrogens (tertiary/aromatic N) is 1. The number of halogens is 2. The van der Waals surface area contributed by atoms with E-state index in [1.54, 1.807) is 42.5 Å². The van der Waals surface area contributed by atoms with E-state index in [4.69, 9.17) is 4.74 Å². The molecule has 1 N–H and O–H groups in total. The Morgan fingerprint density at radius 1 is 1.03 bits per heavy atom. The van der Waals surface area contributed by atoms with Crippen LogP contribution in [0.3, 0.4) is 0 Å². The van der Waals surface area contributed by atoms with Gasteiger partial charge < -0.3 is 10.1 Å². The van der Waals surface area contributed by atoms with Gasteiger partial charge >= 0.3 is 0 Å². The Kier molecular flexibility index (Phi) is 6.05. The summed E-state index contributed by atoms with van der Waals surface area (Å²) in [4.78, 5) is 14.7. The Morgan fingerprint density at radius 3 is 2.73 bits per heavy atom. The lowest BCUT2D eigenvalue weighted by Gasteiger charge is -2.19. The minimum absolute atomic E-state index is 0.116. The van der Waals surface area contributed by atoms with Crippen molar-refractivity contribution >= 4 is 5.91 Å². The summed E-state index contributed by atoms with van der Waals surface area (Å²) in [6.07, 6.45) is 0. The third-order valence-electron chi connectivity index (χ3n) is 5.07. The van der Waals surface area contributed by atoms with Gasteiger partial charge in [-0.2, -0.15) is 0 Å². The molecule has 0 radical (unpaired) electrons. The molecule has 4 nitrogen and oxygen atoms in total. The standard InChI is InChI=1S/C24H22F2N2O2/c25-21-6-3-4-17(12-21)15-28-10-11-30-23-9-8-18(13-20(23)16-28)24(29)27-14-19-5-1-2-7-22(19)26/h1-9,12-13H,10-11,14-16H2,(H,27,29). The highest BCUT2D eigenvalue weighted by molar-refractivity contribution is 5.94. The van der Waals surface area contributed by atoms with Crippen LogP contribution in [0, 0.1) is 11.6 Å². The van der Waals surface area contributed by atoms with Crippen molar-refractivity contribution in [3.63, 3.8) is 0 Å². The van der Waals surface area contributed by atoms with E-state index in [1.807, 2.05) is 6.07 Å². The number of amides is 1. The molecule has 1 heterocycles. The minimum Gasteiger partial charge on any atom is -0.492 e. The molecular formula is C24H22F2N2O2. The maximum atomic E-state index is 13.8. The predicted octanol–water partition coefficient (Wildman–Crippen LogP) is 4.29. The lowest BCUT2D eigenvalue weighted by atomic mass is 10.1. The normalized spacial score (nSPS) is 13.8. The summed E-state index contributed by atoms with van der Waals surface area (Å²) in [6.45, 7) is 2.50. The number of rotatable bonds is 5. The molecule has 30 heavy (non-hydrogen) atoms. The maximum Gasteiger partial charge on any atom is 0.251 e. The molecule has 3 aromatic rings. The van der Waals surface area contributed by atoms with E-state index in [0.717, 1.165) is 16.9 Å². The Morgan fingerprint density at radius 2 is 1.90 bits per heavy atom. The van der Waals surface area contributed by atoms with Crippen molar-refractivity contribution < 1.29 is 18.3 Å². The molecule has 1 aliphatic heterocycles. The van der Waals surface area contributed by atoms with Gasteiger partial charge in [-0.15, -0.1) is 0 Å². The summed E-state index contributed by atoms with van der Waals surface area (Å²) in [6, 6.07) is 18.2. The van der Waals surface area contributed by atoms with E-state index in [0.29, 0.717) is 37.4 Å². The van der Waals surface area contributed by atoms with Gasteiger partial charge in [-0.05, 0) is 42.0 Å². The number of hydrogen-bond donors (Lipinski definition) is 1. The van der Waals surface area contributed by atoms with Gasteiger partial charge in [0, 0.05) is 42.9 Å². The average molecular weight is 408 g/mol. The number of benzene rings is 3. The topological polar surface area (TPSA) is 41.6 Å². The molecule has 1 amide bonds. The monoisotopic (exact) mass is 408 g/mol. The molecule has 0 saturated heterocycles. The van der Waals surface area contributed by atoms with Crippen molar-refractivity contribution in [2.45, 2.75) is 19.6 Å². The van der Waals surface area contributed by atoms with Crippen molar-refractivity contribution in [1.82, 2.24) is 10.2 Å². The van der Waals surface area contributed by atoms with Gasteiger partial charge in [0.2, 0.25) is 0 Å². The van der Waals surface area contributed by atoms with Gasteiger partial charge in [0.1, 0.15) is 24.0 Å². The molecule has 6 heteroatoms. The molecule has 0 saturated carbocycles. The smallest absolute Gasteiger partial charge is 0.251 e. The number of hydrogen-bond acceptors (Lipinski definition) is 3. The predicted molar refractivity (Wildman–Crippen MR) is 110 cm³/mol. The molecule has 0 unspecified atom stereocenters.